The van der Waals surface area contributed by atoms with Crippen LogP contribution >= 0.6 is 11.3 Å². The molecular weight excluding hydrogens is 325 g/mol. The maximum absolute atomic E-state index is 13.8. The number of likely N-dealkylation sites (tertiary alicyclic amines) is 1. The number of hydrogen-bond donors (Lipinski definition) is 1. The predicted molar refractivity (Wildman–Crippen MR) is 93.6 cm³/mol. The normalized spacial score (nSPS) is 21.0. The summed E-state index contributed by atoms with van der Waals surface area (Å²) < 4.78 is 13.8. The number of piperidine rings is 1. The van der Waals surface area contributed by atoms with Crippen molar-refractivity contribution in [3.8, 4) is 0 Å². The highest BCUT2D eigenvalue weighted by molar-refractivity contribution is 7.09. The van der Waals surface area contributed by atoms with Crippen molar-refractivity contribution in [2.45, 2.75) is 32.2 Å². The van der Waals surface area contributed by atoms with Crippen LogP contribution in [0, 0.1) is 11.7 Å². The van der Waals surface area contributed by atoms with Crippen LogP contribution in [0.1, 0.15) is 40.8 Å². The maximum Gasteiger partial charge on any atom is 0.273 e. The van der Waals surface area contributed by atoms with E-state index in [2.05, 4.69) is 11.9 Å². The zero-order valence-electron chi connectivity index (χ0n) is 13.7. The summed E-state index contributed by atoms with van der Waals surface area (Å²) in [4.78, 5) is 19.0. The molecule has 0 bridgehead atoms. The van der Waals surface area contributed by atoms with Crippen molar-refractivity contribution in [3.05, 3.63) is 51.7 Å². The molecular formula is C18H22FN3OS. The minimum absolute atomic E-state index is 0.0617. The molecule has 1 aromatic heterocycles. The lowest BCUT2D eigenvalue weighted by atomic mass is 9.92. The lowest BCUT2D eigenvalue weighted by Gasteiger charge is -2.37. The second kappa shape index (κ2) is 7.40. The van der Waals surface area contributed by atoms with Crippen molar-refractivity contribution in [2.75, 3.05) is 13.1 Å². The number of halogens is 1. The zero-order chi connectivity index (χ0) is 17.1. The number of amides is 1. The Kier molecular flexibility index (Phi) is 5.26. The first kappa shape index (κ1) is 17.0. The topological polar surface area (TPSA) is 59.2 Å². The SMILES string of the molecule is CC1CCN(C(=O)c2csc(Cc3ccccc3F)n2)C(CN)C1. The molecule has 0 radical (unpaired) electrons. The average Bonchev–Trinajstić information content (AvgIpc) is 3.05. The first-order valence-electron chi connectivity index (χ1n) is 8.27. The van der Waals surface area contributed by atoms with E-state index in [0.717, 1.165) is 24.4 Å². The fourth-order valence-electron chi connectivity index (χ4n) is 3.18. The van der Waals surface area contributed by atoms with Gasteiger partial charge in [-0.15, -0.1) is 11.3 Å². The average molecular weight is 347 g/mol. The first-order valence-corrected chi connectivity index (χ1v) is 9.15. The van der Waals surface area contributed by atoms with E-state index in [-0.39, 0.29) is 17.8 Å². The van der Waals surface area contributed by atoms with E-state index in [1.165, 1.54) is 17.4 Å². The van der Waals surface area contributed by atoms with E-state index in [4.69, 9.17) is 5.73 Å². The monoisotopic (exact) mass is 347 g/mol. The summed E-state index contributed by atoms with van der Waals surface area (Å²) >= 11 is 1.40. The number of carbonyl (C=O) groups is 1. The molecule has 3 rings (SSSR count). The molecule has 6 heteroatoms. The Morgan fingerprint density at radius 1 is 1.46 bits per heavy atom. The van der Waals surface area contributed by atoms with Crippen LogP contribution in [0.15, 0.2) is 29.6 Å². The summed E-state index contributed by atoms with van der Waals surface area (Å²) in [6.45, 7) is 3.39. The van der Waals surface area contributed by atoms with Crippen molar-refractivity contribution in [1.82, 2.24) is 9.88 Å². The van der Waals surface area contributed by atoms with Gasteiger partial charge in [0.05, 0.1) is 5.01 Å². The van der Waals surface area contributed by atoms with Gasteiger partial charge in [-0.05, 0) is 30.4 Å². The number of carbonyl (C=O) groups excluding carboxylic acids is 1. The van der Waals surface area contributed by atoms with E-state index >= 15 is 0 Å². The number of thiazole rings is 1. The van der Waals surface area contributed by atoms with Crippen molar-refractivity contribution in [3.63, 3.8) is 0 Å². The molecule has 1 amide bonds. The quantitative estimate of drug-likeness (QED) is 0.925. The van der Waals surface area contributed by atoms with Crippen LogP contribution < -0.4 is 5.73 Å². The Balaban J connectivity index is 1.73. The fraction of sp³-hybridized carbons (Fsp3) is 0.444. The van der Waals surface area contributed by atoms with Gasteiger partial charge in [-0.3, -0.25) is 4.79 Å². The first-order chi connectivity index (χ1) is 11.6. The third-order valence-electron chi connectivity index (χ3n) is 4.58. The second-order valence-electron chi connectivity index (χ2n) is 6.41. The van der Waals surface area contributed by atoms with E-state index in [0.29, 0.717) is 30.1 Å². The van der Waals surface area contributed by atoms with Gasteiger partial charge in [0.25, 0.3) is 5.91 Å². The molecule has 1 aliphatic rings. The van der Waals surface area contributed by atoms with Gasteiger partial charge >= 0.3 is 0 Å². The highest BCUT2D eigenvalue weighted by atomic mass is 32.1. The second-order valence-corrected chi connectivity index (χ2v) is 7.35. The molecule has 2 unspecified atom stereocenters. The summed E-state index contributed by atoms with van der Waals surface area (Å²) in [6, 6.07) is 6.74. The van der Waals surface area contributed by atoms with Crippen LogP contribution in [0.4, 0.5) is 4.39 Å². The van der Waals surface area contributed by atoms with E-state index in [1.807, 2.05) is 4.90 Å². The number of rotatable bonds is 4. The minimum Gasteiger partial charge on any atom is -0.333 e. The predicted octanol–water partition coefficient (Wildman–Crippen LogP) is 3.07. The summed E-state index contributed by atoms with van der Waals surface area (Å²) in [5.41, 5.74) is 6.88. The van der Waals surface area contributed by atoms with Crippen molar-refractivity contribution in [1.29, 1.82) is 0 Å². The standard InChI is InChI=1S/C18H22FN3OS/c1-12-6-7-22(14(8-12)10-20)18(23)16-11-24-17(21-16)9-13-4-2-3-5-15(13)19/h2-5,11-12,14H,6-10,20H2,1H3. The molecule has 0 spiro atoms. The Labute approximate surface area is 145 Å². The Morgan fingerprint density at radius 3 is 3.00 bits per heavy atom. The highest BCUT2D eigenvalue weighted by Gasteiger charge is 2.30. The van der Waals surface area contributed by atoms with Crippen molar-refractivity contribution >= 4 is 17.2 Å². The van der Waals surface area contributed by atoms with E-state index < -0.39 is 0 Å². The number of aromatic nitrogens is 1. The zero-order valence-corrected chi connectivity index (χ0v) is 14.6. The number of nitrogens with zero attached hydrogens (tertiary/aromatic N) is 2. The number of benzene rings is 1. The van der Waals surface area contributed by atoms with Gasteiger partial charge in [0.2, 0.25) is 0 Å². The van der Waals surface area contributed by atoms with Crippen LogP contribution in [0.5, 0.6) is 0 Å². The molecule has 0 aliphatic carbocycles. The Bertz CT molecular complexity index is 718. The fourth-order valence-corrected chi connectivity index (χ4v) is 3.98. The summed E-state index contributed by atoms with van der Waals surface area (Å²) in [6.07, 6.45) is 2.34. The molecule has 1 aromatic carbocycles. The van der Waals surface area contributed by atoms with Gasteiger partial charge in [0.1, 0.15) is 11.5 Å². The smallest absolute Gasteiger partial charge is 0.273 e. The summed E-state index contributed by atoms with van der Waals surface area (Å²) in [5.74, 6) is 0.289. The van der Waals surface area contributed by atoms with Gasteiger partial charge in [-0.2, -0.15) is 0 Å². The molecule has 24 heavy (non-hydrogen) atoms. The molecule has 2 aromatic rings. The van der Waals surface area contributed by atoms with Gasteiger partial charge in [-0.25, -0.2) is 9.37 Å². The lowest BCUT2D eigenvalue weighted by Crippen LogP contribution is -2.49. The third kappa shape index (κ3) is 3.65. The van der Waals surface area contributed by atoms with Crippen LogP contribution in [0.2, 0.25) is 0 Å². The van der Waals surface area contributed by atoms with E-state index in [9.17, 15) is 9.18 Å². The highest BCUT2D eigenvalue weighted by Crippen LogP contribution is 2.25. The molecule has 1 aliphatic heterocycles. The summed E-state index contributed by atoms with van der Waals surface area (Å²) in [7, 11) is 0. The van der Waals surface area contributed by atoms with Crippen LogP contribution in [-0.2, 0) is 6.42 Å². The lowest BCUT2D eigenvalue weighted by molar-refractivity contribution is 0.0568. The Morgan fingerprint density at radius 2 is 2.25 bits per heavy atom. The molecule has 2 heterocycles. The van der Waals surface area contributed by atoms with Crippen LogP contribution in [-0.4, -0.2) is 34.9 Å². The Hall–Kier alpha value is -1.79. The molecule has 0 saturated carbocycles. The molecule has 2 atom stereocenters. The molecule has 1 saturated heterocycles. The third-order valence-corrected chi connectivity index (χ3v) is 5.43. The molecule has 128 valence electrons. The van der Waals surface area contributed by atoms with Crippen molar-refractivity contribution in [2.24, 2.45) is 11.7 Å². The van der Waals surface area contributed by atoms with Crippen LogP contribution in [0.25, 0.3) is 0 Å². The molecule has 1 fully saturated rings. The van der Waals surface area contributed by atoms with Gasteiger partial charge in [0, 0.05) is 30.9 Å². The van der Waals surface area contributed by atoms with E-state index in [1.54, 1.807) is 23.6 Å². The van der Waals surface area contributed by atoms with Gasteiger partial charge in [0.15, 0.2) is 0 Å². The summed E-state index contributed by atoms with van der Waals surface area (Å²) in [5, 5.41) is 2.52. The van der Waals surface area contributed by atoms with Gasteiger partial charge < -0.3 is 10.6 Å². The van der Waals surface area contributed by atoms with Crippen molar-refractivity contribution < 1.29 is 9.18 Å². The minimum atomic E-state index is -0.242. The van der Waals surface area contributed by atoms with Gasteiger partial charge in [-0.1, -0.05) is 25.1 Å². The molecule has 2 N–H and O–H groups in total. The maximum atomic E-state index is 13.8. The number of nitrogens with two attached hydrogens (primary N) is 1. The van der Waals surface area contributed by atoms with Crippen LogP contribution in [0.3, 0.4) is 0 Å². The largest absolute Gasteiger partial charge is 0.333 e. The number of hydrogen-bond acceptors (Lipinski definition) is 4. The molecule has 4 nitrogen and oxygen atoms in total.